The number of nitrogens with zero attached hydrogens (tertiary/aromatic N) is 2. The first-order valence-electron chi connectivity index (χ1n) is 4.16. The lowest BCUT2D eigenvalue weighted by Gasteiger charge is -2.36. The molecule has 0 bridgehead atoms. The smallest absolute Gasteiger partial charge is 0.223 e. The van der Waals surface area contributed by atoms with Gasteiger partial charge in [0.25, 0.3) is 0 Å². The van der Waals surface area contributed by atoms with E-state index in [4.69, 9.17) is 10.2 Å². The van der Waals surface area contributed by atoms with Gasteiger partial charge in [0.15, 0.2) is 0 Å². The Labute approximate surface area is 75.5 Å². The monoisotopic (exact) mass is 181 g/mol. The summed E-state index contributed by atoms with van der Waals surface area (Å²) in [4.78, 5) is 16.7. The van der Waals surface area contributed by atoms with Crippen LogP contribution in [0.3, 0.4) is 0 Å². The van der Waals surface area contributed by atoms with Crippen LogP contribution in [0.4, 0.5) is 0 Å². The fraction of sp³-hybridized carbons (Fsp3) is 0.500. The maximum atomic E-state index is 10.7. The highest BCUT2D eigenvalue weighted by atomic mass is 16.3. The number of carbonyl (C=O) groups excluding carboxylic acids is 1. The van der Waals surface area contributed by atoms with Crippen LogP contribution in [0.15, 0.2) is 16.9 Å². The van der Waals surface area contributed by atoms with Crippen molar-refractivity contribution in [3.8, 4) is 0 Å². The number of oxazole rings is 1. The lowest BCUT2D eigenvalue weighted by Crippen LogP contribution is -2.51. The van der Waals surface area contributed by atoms with Gasteiger partial charge in [-0.3, -0.25) is 9.69 Å². The Kier molecular flexibility index (Phi) is 2.02. The molecule has 0 aromatic carbocycles. The van der Waals surface area contributed by atoms with Crippen molar-refractivity contribution in [2.24, 2.45) is 11.7 Å². The van der Waals surface area contributed by atoms with E-state index in [0.29, 0.717) is 12.4 Å². The van der Waals surface area contributed by atoms with Crippen LogP contribution < -0.4 is 5.73 Å². The van der Waals surface area contributed by atoms with Crippen LogP contribution in [0.1, 0.15) is 5.89 Å². The lowest BCUT2D eigenvalue weighted by atomic mass is 10.00. The molecule has 13 heavy (non-hydrogen) atoms. The number of carbonyl (C=O) groups is 1. The molecule has 5 nitrogen and oxygen atoms in total. The van der Waals surface area contributed by atoms with Crippen molar-refractivity contribution in [2.45, 2.75) is 6.54 Å². The Morgan fingerprint density at radius 2 is 2.54 bits per heavy atom. The molecule has 0 unspecified atom stereocenters. The number of amides is 1. The molecule has 5 heteroatoms. The minimum atomic E-state index is -0.219. The highest BCUT2D eigenvalue weighted by molar-refractivity contribution is 5.78. The first-order chi connectivity index (χ1) is 6.25. The van der Waals surface area contributed by atoms with Gasteiger partial charge in [0, 0.05) is 13.1 Å². The first-order valence-corrected chi connectivity index (χ1v) is 4.16. The Hall–Kier alpha value is -1.36. The number of likely N-dealkylation sites (tertiary alicyclic amines) is 1. The number of hydrogen-bond acceptors (Lipinski definition) is 4. The summed E-state index contributed by atoms with van der Waals surface area (Å²) in [5.41, 5.74) is 5.13. The van der Waals surface area contributed by atoms with Crippen molar-refractivity contribution in [1.29, 1.82) is 0 Å². The molecule has 2 rings (SSSR count). The van der Waals surface area contributed by atoms with Gasteiger partial charge in [-0.15, -0.1) is 0 Å². The number of nitrogens with two attached hydrogens (primary N) is 1. The predicted molar refractivity (Wildman–Crippen MR) is 44.5 cm³/mol. The van der Waals surface area contributed by atoms with Gasteiger partial charge < -0.3 is 10.2 Å². The van der Waals surface area contributed by atoms with E-state index < -0.39 is 0 Å². The average molecular weight is 181 g/mol. The quantitative estimate of drug-likeness (QED) is 0.688. The van der Waals surface area contributed by atoms with Crippen molar-refractivity contribution in [3.63, 3.8) is 0 Å². The number of primary amides is 1. The third-order valence-electron chi connectivity index (χ3n) is 2.20. The molecule has 1 saturated heterocycles. The van der Waals surface area contributed by atoms with Gasteiger partial charge >= 0.3 is 0 Å². The van der Waals surface area contributed by atoms with E-state index in [1.165, 1.54) is 0 Å². The summed E-state index contributed by atoms with van der Waals surface area (Å²) in [7, 11) is 0. The fourth-order valence-electron chi connectivity index (χ4n) is 1.40. The number of rotatable bonds is 3. The van der Waals surface area contributed by atoms with E-state index in [2.05, 4.69) is 9.88 Å². The molecule has 70 valence electrons. The molecule has 1 aromatic rings. The highest BCUT2D eigenvalue weighted by Crippen LogP contribution is 2.17. The predicted octanol–water partition coefficient (Wildman–Crippen LogP) is -0.408. The van der Waals surface area contributed by atoms with E-state index in [9.17, 15) is 4.79 Å². The van der Waals surface area contributed by atoms with Crippen molar-refractivity contribution >= 4 is 5.91 Å². The second-order valence-corrected chi connectivity index (χ2v) is 3.22. The Morgan fingerprint density at radius 1 is 1.77 bits per heavy atom. The average Bonchev–Trinajstić information content (AvgIpc) is 2.46. The van der Waals surface area contributed by atoms with Crippen LogP contribution in [-0.2, 0) is 11.3 Å². The second kappa shape index (κ2) is 3.18. The van der Waals surface area contributed by atoms with Gasteiger partial charge in [0.1, 0.15) is 6.26 Å². The first kappa shape index (κ1) is 8.25. The minimum Gasteiger partial charge on any atom is -0.448 e. The van der Waals surface area contributed by atoms with Gasteiger partial charge in [-0.1, -0.05) is 0 Å². The maximum absolute atomic E-state index is 10.7. The summed E-state index contributed by atoms with van der Waals surface area (Å²) in [5, 5.41) is 0. The van der Waals surface area contributed by atoms with Crippen molar-refractivity contribution in [1.82, 2.24) is 9.88 Å². The Bertz CT molecular complexity index is 290. The second-order valence-electron chi connectivity index (χ2n) is 3.22. The normalized spacial score (nSPS) is 18.5. The molecule has 1 aliphatic rings. The van der Waals surface area contributed by atoms with Crippen molar-refractivity contribution < 1.29 is 9.21 Å². The van der Waals surface area contributed by atoms with Gasteiger partial charge in [-0.2, -0.15) is 0 Å². The zero-order valence-electron chi connectivity index (χ0n) is 7.14. The fourth-order valence-corrected chi connectivity index (χ4v) is 1.40. The van der Waals surface area contributed by atoms with Crippen LogP contribution in [0.2, 0.25) is 0 Å². The van der Waals surface area contributed by atoms with Crippen molar-refractivity contribution in [2.75, 3.05) is 13.1 Å². The SMILES string of the molecule is NC(=O)C1CN(Cc2ncco2)C1. The summed E-state index contributed by atoms with van der Waals surface area (Å²) in [6.45, 7) is 2.10. The molecule has 0 aliphatic carbocycles. The van der Waals surface area contributed by atoms with E-state index >= 15 is 0 Å². The maximum Gasteiger partial charge on any atom is 0.223 e. The zero-order valence-corrected chi connectivity index (χ0v) is 7.14. The third kappa shape index (κ3) is 1.70. The molecule has 0 atom stereocenters. The van der Waals surface area contributed by atoms with Gasteiger partial charge in [-0.25, -0.2) is 4.98 Å². The standard InChI is InChI=1S/C8H11N3O2/c9-8(12)6-3-11(4-6)5-7-10-1-2-13-7/h1-2,6H,3-5H2,(H2,9,12). The zero-order chi connectivity index (χ0) is 9.26. The molecule has 0 radical (unpaired) electrons. The van der Waals surface area contributed by atoms with Crippen LogP contribution >= 0.6 is 0 Å². The van der Waals surface area contributed by atoms with E-state index in [1.54, 1.807) is 12.5 Å². The minimum absolute atomic E-state index is 0.00922. The molecule has 1 fully saturated rings. The van der Waals surface area contributed by atoms with E-state index in [0.717, 1.165) is 13.1 Å². The van der Waals surface area contributed by atoms with Gasteiger partial charge in [-0.05, 0) is 0 Å². The van der Waals surface area contributed by atoms with Crippen LogP contribution in [0, 0.1) is 5.92 Å². The summed E-state index contributed by atoms with van der Waals surface area (Å²) in [6, 6.07) is 0. The van der Waals surface area contributed by atoms with Crippen LogP contribution in [0.5, 0.6) is 0 Å². The summed E-state index contributed by atoms with van der Waals surface area (Å²) >= 11 is 0. The molecule has 1 aromatic heterocycles. The third-order valence-corrected chi connectivity index (χ3v) is 2.20. The van der Waals surface area contributed by atoms with Gasteiger partial charge in [0.05, 0.1) is 18.7 Å². The van der Waals surface area contributed by atoms with Crippen LogP contribution in [-0.4, -0.2) is 28.9 Å². The summed E-state index contributed by atoms with van der Waals surface area (Å²) in [6.07, 6.45) is 3.15. The molecule has 0 spiro atoms. The largest absolute Gasteiger partial charge is 0.448 e. The van der Waals surface area contributed by atoms with E-state index in [-0.39, 0.29) is 11.8 Å². The van der Waals surface area contributed by atoms with E-state index in [1.807, 2.05) is 0 Å². The molecule has 1 amide bonds. The van der Waals surface area contributed by atoms with Gasteiger partial charge in [0.2, 0.25) is 11.8 Å². The topological polar surface area (TPSA) is 72.4 Å². The summed E-state index contributed by atoms with van der Waals surface area (Å²) < 4.78 is 5.07. The molecular weight excluding hydrogens is 170 g/mol. The van der Waals surface area contributed by atoms with Crippen LogP contribution in [0.25, 0.3) is 0 Å². The molecule has 2 heterocycles. The Morgan fingerprint density at radius 3 is 3.08 bits per heavy atom. The molecular formula is C8H11N3O2. The molecule has 0 saturated carbocycles. The highest BCUT2D eigenvalue weighted by Gasteiger charge is 2.31. The molecule has 1 aliphatic heterocycles. The van der Waals surface area contributed by atoms with Crippen molar-refractivity contribution in [3.05, 3.63) is 18.4 Å². The summed E-state index contributed by atoms with van der Waals surface area (Å²) in [5.74, 6) is 0.474. The number of aromatic nitrogens is 1. The molecule has 2 N–H and O–H groups in total. The Balaban J connectivity index is 1.79. The lowest BCUT2D eigenvalue weighted by molar-refractivity contribution is -0.127. The number of hydrogen-bond donors (Lipinski definition) is 1.